The Balaban J connectivity index is 1.71. The van der Waals surface area contributed by atoms with Crippen LogP contribution in [0.25, 0.3) is 11.5 Å². The maximum absolute atomic E-state index is 12.8. The molecule has 0 aliphatic carbocycles. The largest absolute Gasteiger partial charge is 0.392 e. The van der Waals surface area contributed by atoms with E-state index in [9.17, 15) is 9.50 Å². The Hall–Kier alpha value is -1.79. The Kier molecular flexibility index (Phi) is 3.27. The summed E-state index contributed by atoms with van der Waals surface area (Å²) < 4.78 is 18.0. The van der Waals surface area contributed by atoms with Crippen LogP contribution in [-0.2, 0) is 6.54 Å². The molecule has 1 saturated heterocycles. The van der Waals surface area contributed by atoms with Gasteiger partial charge >= 0.3 is 0 Å². The van der Waals surface area contributed by atoms with Crippen LogP contribution in [0.1, 0.15) is 12.2 Å². The zero-order valence-corrected chi connectivity index (χ0v) is 10.3. The van der Waals surface area contributed by atoms with E-state index in [0.717, 1.165) is 13.0 Å². The summed E-state index contributed by atoms with van der Waals surface area (Å²) in [5, 5.41) is 13.3. The summed E-state index contributed by atoms with van der Waals surface area (Å²) in [5.74, 6) is 0.665. The molecule has 1 atom stereocenters. The number of likely N-dealkylation sites (tertiary alicyclic amines) is 1. The number of rotatable bonds is 3. The number of hydrogen-bond donors (Lipinski definition) is 1. The van der Waals surface area contributed by atoms with Gasteiger partial charge in [0.1, 0.15) is 5.82 Å². The summed E-state index contributed by atoms with van der Waals surface area (Å²) in [5.41, 5.74) is 0.696. The molecule has 0 radical (unpaired) electrons. The number of benzene rings is 1. The third kappa shape index (κ3) is 2.80. The van der Waals surface area contributed by atoms with Gasteiger partial charge in [0.25, 0.3) is 5.89 Å². The van der Waals surface area contributed by atoms with Crippen LogP contribution in [0.2, 0.25) is 0 Å². The first kappa shape index (κ1) is 12.3. The monoisotopic (exact) mass is 263 g/mol. The van der Waals surface area contributed by atoms with Gasteiger partial charge in [-0.3, -0.25) is 4.90 Å². The molecular weight excluding hydrogens is 249 g/mol. The number of aliphatic hydroxyl groups excluding tert-OH is 1. The fourth-order valence-electron chi connectivity index (χ4n) is 2.18. The maximum atomic E-state index is 12.8. The van der Waals surface area contributed by atoms with Crippen LogP contribution in [0.15, 0.2) is 28.8 Å². The molecule has 19 heavy (non-hydrogen) atoms. The second-order valence-corrected chi connectivity index (χ2v) is 4.70. The van der Waals surface area contributed by atoms with Crippen molar-refractivity contribution >= 4 is 0 Å². The highest BCUT2D eigenvalue weighted by atomic mass is 19.1. The highest BCUT2D eigenvalue weighted by Gasteiger charge is 2.21. The molecule has 5 nitrogen and oxygen atoms in total. The first-order chi connectivity index (χ1) is 9.20. The summed E-state index contributed by atoms with van der Waals surface area (Å²) in [6.07, 6.45) is 0.520. The summed E-state index contributed by atoms with van der Waals surface area (Å²) in [6, 6.07) is 5.92. The van der Waals surface area contributed by atoms with Crippen molar-refractivity contribution in [2.75, 3.05) is 13.1 Å². The van der Waals surface area contributed by atoms with Crippen molar-refractivity contribution in [3.05, 3.63) is 35.9 Å². The number of hydrogen-bond acceptors (Lipinski definition) is 5. The Morgan fingerprint density at radius 3 is 2.84 bits per heavy atom. The topological polar surface area (TPSA) is 62.4 Å². The van der Waals surface area contributed by atoms with Crippen molar-refractivity contribution in [2.24, 2.45) is 0 Å². The first-order valence-corrected chi connectivity index (χ1v) is 6.19. The molecule has 1 aliphatic rings. The standard InChI is InChI=1S/C13H14FN3O2/c14-10-3-1-9(2-4-10)13-15-12(16-19-13)8-17-6-5-11(18)7-17/h1-4,11,18H,5-8H2. The molecular formula is C13H14FN3O2. The van der Waals surface area contributed by atoms with Gasteiger partial charge in [-0.1, -0.05) is 5.16 Å². The lowest BCUT2D eigenvalue weighted by atomic mass is 10.2. The molecule has 2 aromatic rings. The van der Waals surface area contributed by atoms with E-state index in [1.165, 1.54) is 12.1 Å². The zero-order chi connectivity index (χ0) is 13.2. The van der Waals surface area contributed by atoms with Gasteiger partial charge in [0.2, 0.25) is 0 Å². The van der Waals surface area contributed by atoms with Crippen molar-refractivity contribution in [1.82, 2.24) is 15.0 Å². The number of nitrogens with zero attached hydrogens (tertiary/aromatic N) is 3. The van der Waals surface area contributed by atoms with Crippen LogP contribution in [0.5, 0.6) is 0 Å². The van der Waals surface area contributed by atoms with Crippen molar-refractivity contribution in [3.63, 3.8) is 0 Å². The van der Waals surface area contributed by atoms with Crippen LogP contribution < -0.4 is 0 Å². The summed E-state index contributed by atoms with van der Waals surface area (Å²) in [4.78, 5) is 6.35. The molecule has 1 aromatic carbocycles. The maximum Gasteiger partial charge on any atom is 0.257 e. The molecule has 1 aliphatic heterocycles. The highest BCUT2D eigenvalue weighted by molar-refractivity contribution is 5.52. The molecule has 1 aromatic heterocycles. The average Bonchev–Trinajstić information content (AvgIpc) is 3.00. The van der Waals surface area contributed by atoms with Crippen molar-refractivity contribution in [2.45, 2.75) is 19.1 Å². The van der Waals surface area contributed by atoms with E-state index in [1.54, 1.807) is 12.1 Å². The molecule has 2 heterocycles. The number of halogens is 1. The van der Waals surface area contributed by atoms with Crippen LogP contribution in [0.4, 0.5) is 4.39 Å². The lowest BCUT2D eigenvalue weighted by molar-refractivity contribution is 0.173. The fourth-order valence-corrected chi connectivity index (χ4v) is 2.18. The van der Waals surface area contributed by atoms with Gasteiger partial charge in [0, 0.05) is 18.7 Å². The van der Waals surface area contributed by atoms with Crippen LogP contribution in [-0.4, -0.2) is 39.3 Å². The number of aliphatic hydroxyl groups is 1. The molecule has 6 heteroatoms. The fraction of sp³-hybridized carbons (Fsp3) is 0.385. The van der Waals surface area contributed by atoms with E-state index < -0.39 is 0 Å². The third-order valence-electron chi connectivity index (χ3n) is 3.17. The van der Waals surface area contributed by atoms with E-state index in [4.69, 9.17) is 4.52 Å². The van der Waals surface area contributed by atoms with E-state index in [1.807, 2.05) is 0 Å². The molecule has 3 rings (SSSR count). The van der Waals surface area contributed by atoms with Gasteiger partial charge in [0.15, 0.2) is 5.82 Å². The molecule has 1 fully saturated rings. The Labute approximate surface area is 109 Å². The number of aromatic nitrogens is 2. The predicted octanol–water partition coefficient (Wildman–Crippen LogP) is 1.44. The summed E-state index contributed by atoms with van der Waals surface area (Å²) >= 11 is 0. The Morgan fingerprint density at radius 2 is 2.16 bits per heavy atom. The lowest BCUT2D eigenvalue weighted by Gasteiger charge is -2.10. The molecule has 1 unspecified atom stereocenters. The van der Waals surface area contributed by atoms with Crippen molar-refractivity contribution in [1.29, 1.82) is 0 Å². The van der Waals surface area contributed by atoms with Gasteiger partial charge in [0.05, 0.1) is 12.6 Å². The zero-order valence-electron chi connectivity index (χ0n) is 10.3. The average molecular weight is 263 g/mol. The van der Waals surface area contributed by atoms with Crippen LogP contribution in [0, 0.1) is 5.82 Å². The minimum absolute atomic E-state index is 0.261. The second-order valence-electron chi connectivity index (χ2n) is 4.70. The van der Waals surface area contributed by atoms with E-state index in [2.05, 4.69) is 15.0 Å². The molecule has 0 saturated carbocycles. The van der Waals surface area contributed by atoms with Gasteiger partial charge in [-0.2, -0.15) is 4.98 Å². The van der Waals surface area contributed by atoms with Crippen molar-refractivity contribution in [3.8, 4) is 11.5 Å². The van der Waals surface area contributed by atoms with Gasteiger partial charge < -0.3 is 9.63 Å². The molecule has 0 spiro atoms. The van der Waals surface area contributed by atoms with E-state index in [-0.39, 0.29) is 11.9 Å². The second kappa shape index (κ2) is 5.07. The van der Waals surface area contributed by atoms with Crippen LogP contribution in [0.3, 0.4) is 0 Å². The summed E-state index contributed by atoms with van der Waals surface area (Å²) in [6.45, 7) is 2.03. The number of β-amino-alcohol motifs (C(OH)–C–C–N with tert-alkyl or cyclic N) is 1. The minimum atomic E-state index is -0.297. The lowest BCUT2D eigenvalue weighted by Crippen LogP contribution is -2.22. The van der Waals surface area contributed by atoms with Crippen LogP contribution >= 0.6 is 0 Å². The highest BCUT2D eigenvalue weighted by Crippen LogP contribution is 2.18. The predicted molar refractivity (Wildman–Crippen MR) is 65.6 cm³/mol. The first-order valence-electron chi connectivity index (χ1n) is 6.19. The SMILES string of the molecule is OC1CCN(Cc2noc(-c3ccc(F)cc3)n2)C1. The Morgan fingerprint density at radius 1 is 1.37 bits per heavy atom. The van der Waals surface area contributed by atoms with Gasteiger partial charge in [-0.25, -0.2) is 4.39 Å². The smallest absolute Gasteiger partial charge is 0.257 e. The molecule has 100 valence electrons. The molecule has 0 amide bonds. The quantitative estimate of drug-likeness (QED) is 0.908. The Bertz CT molecular complexity index is 555. The van der Waals surface area contributed by atoms with E-state index in [0.29, 0.717) is 30.4 Å². The van der Waals surface area contributed by atoms with Gasteiger partial charge in [-0.05, 0) is 30.7 Å². The normalized spacial score (nSPS) is 20.0. The molecule has 1 N–H and O–H groups in total. The molecule has 0 bridgehead atoms. The minimum Gasteiger partial charge on any atom is -0.392 e. The van der Waals surface area contributed by atoms with Gasteiger partial charge in [-0.15, -0.1) is 0 Å². The van der Waals surface area contributed by atoms with E-state index >= 15 is 0 Å². The third-order valence-corrected chi connectivity index (χ3v) is 3.17. The summed E-state index contributed by atoms with van der Waals surface area (Å²) in [7, 11) is 0. The van der Waals surface area contributed by atoms with Crippen molar-refractivity contribution < 1.29 is 14.0 Å².